The Kier molecular flexibility index (Phi) is 5.11. The average Bonchev–Trinajstić information content (AvgIpc) is 2.99. The summed E-state index contributed by atoms with van der Waals surface area (Å²) in [5.41, 5.74) is 3.69. The minimum Gasteiger partial charge on any atom is -0.497 e. The normalized spacial score (nSPS) is 16.5. The van der Waals surface area contributed by atoms with Crippen molar-refractivity contribution < 1.29 is 14.3 Å². The van der Waals surface area contributed by atoms with E-state index in [1.807, 2.05) is 56.3 Å². The highest BCUT2D eigenvalue weighted by Gasteiger charge is 2.31. The second-order valence-electron chi connectivity index (χ2n) is 6.45. The minimum absolute atomic E-state index is 0.0183. The number of methoxy groups -OCH3 is 1. The molecule has 3 rings (SSSR count). The lowest BCUT2D eigenvalue weighted by molar-refractivity contribution is -0.117. The maximum Gasteiger partial charge on any atom is 0.319 e. The zero-order chi connectivity index (χ0) is 18.7. The molecule has 0 radical (unpaired) electrons. The zero-order valence-electron chi connectivity index (χ0n) is 15.2. The first kappa shape index (κ1) is 17.8. The van der Waals surface area contributed by atoms with Crippen molar-refractivity contribution in [2.45, 2.75) is 26.3 Å². The van der Waals surface area contributed by atoms with Crippen molar-refractivity contribution in [2.24, 2.45) is 0 Å². The molecule has 1 atom stereocenters. The van der Waals surface area contributed by atoms with Crippen LogP contribution in [0, 0.1) is 13.8 Å². The first-order valence-corrected chi connectivity index (χ1v) is 8.56. The summed E-state index contributed by atoms with van der Waals surface area (Å²) < 4.78 is 5.21. The predicted octanol–water partition coefficient (Wildman–Crippen LogP) is 3.24. The van der Waals surface area contributed by atoms with Gasteiger partial charge in [-0.3, -0.25) is 4.79 Å². The van der Waals surface area contributed by atoms with E-state index in [1.165, 1.54) is 0 Å². The van der Waals surface area contributed by atoms with Crippen molar-refractivity contribution in [3.05, 3.63) is 53.6 Å². The number of nitrogens with zero attached hydrogens (tertiary/aromatic N) is 1. The molecule has 0 bridgehead atoms. The molecule has 1 fully saturated rings. The number of hydrogen-bond donors (Lipinski definition) is 2. The van der Waals surface area contributed by atoms with Crippen molar-refractivity contribution in [2.75, 3.05) is 23.9 Å². The van der Waals surface area contributed by atoms with Crippen molar-refractivity contribution >= 4 is 23.3 Å². The van der Waals surface area contributed by atoms with E-state index < -0.39 is 0 Å². The Bertz CT molecular complexity index is 835. The van der Waals surface area contributed by atoms with Gasteiger partial charge in [0.05, 0.1) is 13.2 Å². The van der Waals surface area contributed by atoms with Crippen molar-refractivity contribution in [3.8, 4) is 5.75 Å². The van der Waals surface area contributed by atoms with E-state index >= 15 is 0 Å². The van der Waals surface area contributed by atoms with Gasteiger partial charge in [-0.1, -0.05) is 18.2 Å². The molecule has 0 aliphatic carbocycles. The number of aryl methyl sites for hydroxylation is 1. The fourth-order valence-electron chi connectivity index (χ4n) is 3.06. The van der Waals surface area contributed by atoms with Crippen LogP contribution in [-0.4, -0.2) is 31.6 Å². The van der Waals surface area contributed by atoms with E-state index in [1.54, 1.807) is 12.0 Å². The number of carbonyl (C=O) groups excluding carboxylic acids is 2. The molecule has 1 saturated heterocycles. The second-order valence-corrected chi connectivity index (χ2v) is 6.45. The number of carbonyl (C=O) groups is 2. The summed E-state index contributed by atoms with van der Waals surface area (Å²) in [5, 5.41) is 5.75. The molecule has 0 saturated carbocycles. The second kappa shape index (κ2) is 7.47. The van der Waals surface area contributed by atoms with Gasteiger partial charge in [0.25, 0.3) is 0 Å². The molecule has 0 spiro atoms. The van der Waals surface area contributed by atoms with E-state index in [0.29, 0.717) is 12.3 Å². The van der Waals surface area contributed by atoms with Crippen molar-refractivity contribution in [1.29, 1.82) is 0 Å². The molecule has 0 aromatic heterocycles. The molecule has 2 aromatic carbocycles. The van der Waals surface area contributed by atoms with Crippen LogP contribution < -0.4 is 20.3 Å². The van der Waals surface area contributed by atoms with Gasteiger partial charge in [0, 0.05) is 30.4 Å². The summed E-state index contributed by atoms with van der Waals surface area (Å²) in [5.74, 6) is 0.676. The third kappa shape index (κ3) is 3.79. The van der Waals surface area contributed by atoms with Crippen LogP contribution in [0.3, 0.4) is 0 Å². The molecule has 2 aromatic rings. The molecule has 26 heavy (non-hydrogen) atoms. The van der Waals surface area contributed by atoms with Crippen LogP contribution in [0.2, 0.25) is 0 Å². The van der Waals surface area contributed by atoms with Crippen molar-refractivity contribution in [1.82, 2.24) is 5.32 Å². The molecule has 1 aliphatic heterocycles. The Morgan fingerprint density at radius 2 is 1.96 bits per heavy atom. The van der Waals surface area contributed by atoms with Gasteiger partial charge in [-0.25, -0.2) is 4.79 Å². The summed E-state index contributed by atoms with van der Waals surface area (Å²) >= 11 is 0. The monoisotopic (exact) mass is 353 g/mol. The number of amides is 3. The first-order valence-electron chi connectivity index (χ1n) is 8.56. The maximum absolute atomic E-state index is 12.3. The minimum atomic E-state index is -0.302. The van der Waals surface area contributed by atoms with Gasteiger partial charge in [-0.05, 0) is 43.2 Å². The fourth-order valence-corrected chi connectivity index (χ4v) is 3.06. The molecule has 1 heterocycles. The first-order chi connectivity index (χ1) is 12.5. The Balaban J connectivity index is 1.63. The summed E-state index contributed by atoms with van der Waals surface area (Å²) in [6.45, 7) is 4.40. The number of hydrogen-bond acceptors (Lipinski definition) is 3. The Hall–Kier alpha value is -3.02. The topological polar surface area (TPSA) is 70.7 Å². The zero-order valence-corrected chi connectivity index (χ0v) is 15.2. The van der Waals surface area contributed by atoms with E-state index in [9.17, 15) is 9.59 Å². The van der Waals surface area contributed by atoms with Crippen LogP contribution in [0.1, 0.15) is 17.5 Å². The standard InChI is InChI=1S/C20H23N3O3/c1-13-6-4-9-18(14(13)2)22-20(25)21-15-10-19(24)23(12-15)16-7-5-8-17(11-16)26-3/h4-9,11,15H,10,12H2,1-3H3,(H2,21,22,25). The lowest BCUT2D eigenvalue weighted by Crippen LogP contribution is -2.39. The highest BCUT2D eigenvalue weighted by atomic mass is 16.5. The number of urea groups is 1. The van der Waals surface area contributed by atoms with Crippen LogP contribution >= 0.6 is 0 Å². The number of rotatable bonds is 4. The van der Waals surface area contributed by atoms with E-state index in [2.05, 4.69) is 10.6 Å². The predicted molar refractivity (Wildman–Crippen MR) is 102 cm³/mol. The Labute approximate surface area is 153 Å². The van der Waals surface area contributed by atoms with Crippen LogP contribution in [-0.2, 0) is 4.79 Å². The number of benzene rings is 2. The fraction of sp³-hybridized carbons (Fsp3) is 0.300. The Morgan fingerprint density at radius 1 is 1.19 bits per heavy atom. The quantitative estimate of drug-likeness (QED) is 0.886. The molecule has 136 valence electrons. The maximum atomic E-state index is 12.3. The van der Waals surface area contributed by atoms with Gasteiger partial charge in [0.15, 0.2) is 0 Å². The molecule has 1 unspecified atom stereocenters. The summed E-state index contributed by atoms with van der Waals surface area (Å²) in [6, 6.07) is 12.6. The third-order valence-electron chi connectivity index (χ3n) is 4.68. The van der Waals surface area contributed by atoms with Gasteiger partial charge in [-0.15, -0.1) is 0 Å². The van der Waals surface area contributed by atoms with Crippen LogP contribution in [0.4, 0.5) is 16.2 Å². The lowest BCUT2D eigenvalue weighted by Gasteiger charge is -2.18. The van der Waals surface area contributed by atoms with Crippen LogP contribution in [0.5, 0.6) is 5.75 Å². The summed E-state index contributed by atoms with van der Waals surface area (Å²) in [7, 11) is 1.59. The number of anilines is 2. The molecule has 6 nitrogen and oxygen atoms in total. The van der Waals surface area contributed by atoms with E-state index in [0.717, 1.165) is 22.5 Å². The van der Waals surface area contributed by atoms with E-state index in [4.69, 9.17) is 4.74 Å². The van der Waals surface area contributed by atoms with Gasteiger partial charge in [0.1, 0.15) is 5.75 Å². The molecule has 2 N–H and O–H groups in total. The lowest BCUT2D eigenvalue weighted by atomic mass is 10.1. The number of nitrogens with one attached hydrogen (secondary N) is 2. The molecule has 1 aliphatic rings. The van der Waals surface area contributed by atoms with Crippen LogP contribution in [0.15, 0.2) is 42.5 Å². The summed E-state index contributed by atoms with van der Waals surface area (Å²) in [6.07, 6.45) is 0.275. The highest BCUT2D eigenvalue weighted by molar-refractivity contribution is 5.98. The average molecular weight is 353 g/mol. The number of ether oxygens (including phenoxy) is 1. The molecule has 6 heteroatoms. The van der Waals surface area contributed by atoms with Crippen LogP contribution in [0.25, 0.3) is 0 Å². The smallest absolute Gasteiger partial charge is 0.319 e. The van der Waals surface area contributed by atoms with Gasteiger partial charge in [0.2, 0.25) is 5.91 Å². The van der Waals surface area contributed by atoms with E-state index in [-0.39, 0.29) is 24.4 Å². The molecule has 3 amide bonds. The van der Waals surface area contributed by atoms with Gasteiger partial charge < -0.3 is 20.3 Å². The highest BCUT2D eigenvalue weighted by Crippen LogP contribution is 2.25. The van der Waals surface area contributed by atoms with Crippen molar-refractivity contribution in [3.63, 3.8) is 0 Å². The molecular formula is C20H23N3O3. The largest absolute Gasteiger partial charge is 0.497 e. The SMILES string of the molecule is COc1cccc(N2CC(NC(=O)Nc3cccc(C)c3C)CC2=O)c1. The summed E-state index contributed by atoms with van der Waals surface area (Å²) in [4.78, 5) is 26.3. The van der Waals surface area contributed by atoms with Gasteiger partial charge >= 0.3 is 6.03 Å². The third-order valence-corrected chi connectivity index (χ3v) is 4.68. The Morgan fingerprint density at radius 3 is 2.73 bits per heavy atom. The molecular weight excluding hydrogens is 330 g/mol. The van der Waals surface area contributed by atoms with Gasteiger partial charge in [-0.2, -0.15) is 0 Å².